The van der Waals surface area contributed by atoms with Crippen molar-refractivity contribution in [2.24, 2.45) is 0 Å². The molecule has 0 spiro atoms. The first-order chi connectivity index (χ1) is 14.3. The third kappa shape index (κ3) is 5.37. The van der Waals surface area contributed by atoms with Crippen LogP contribution in [0.3, 0.4) is 0 Å². The Morgan fingerprint density at radius 2 is 1.67 bits per heavy atom. The van der Waals surface area contributed by atoms with E-state index >= 15 is 0 Å². The Morgan fingerprint density at radius 3 is 2.27 bits per heavy atom. The van der Waals surface area contributed by atoms with Crippen molar-refractivity contribution in [3.05, 3.63) is 88.9 Å². The number of amides is 1. The van der Waals surface area contributed by atoms with Crippen molar-refractivity contribution in [1.29, 1.82) is 0 Å². The summed E-state index contributed by atoms with van der Waals surface area (Å²) in [7, 11) is -3.91. The van der Waals surface area contributed by atoms with Crippen molar-refractivity contribution in [3.63, 3.8) is 0 Å². The van der Waals surface area contributed by atoms with Crippen LogP contribution in [0.25, 0.3) is 0 Å². The molecule has 0 bridgehead atoms. The molecular weight excluding hydrogens is 400 g/mol. The minimum absolute atomic E-state index is 0.182. The second-order valence-electron chi connectivity index (χ2n) is 7.39. The summed E-state index contributed by atoms with van der Waals surface area (Å²) in [5.41, 5.74) is 3.14. The zero-order valence-corrected chi connectivity index (χ0v) is 18.1. The third-order valence-corrected chi connectivity index (χ3v) is 6.56. The lowest BCUT2D eigenvalue weighted by atomic mass is 10.1. The monoisotopic (exact) mass is 426 g/mol. The first-order valence-corrected chi connectivity index (χ1v) is 11.2. The van der Waals surface area contributed by atoms with Gasteiger partial charge in [0, 0.05) is 0 Å². The summed E-state index contributed by atoms with van der Waals surface area (Å²) in [4.78, 5) is 13.1. The van der Waals surface area contributed by atoms with Crippen LogP contribution >= 0.6 is 0 Å². The molecule has 6 nitrogen and oxygen atoms in total. The van der Waals surface area contributed by atoms with Crippen LogP contribution in [0.4, 0.5) is 0 Å². The van der Waals surface area contributed by atoms with Gasteiger partial charge in [-0.05, 0) is 56.0 Å². The van der Waals surface area contributed by atoms with Gasteiger partial charge in [-0.15, -0.1) is 0 Å². The summed E-state index contributed by atoms with van der Waals surface area (Å²) >= 11 is 0. The number of carbonyl (C=O) groups is 1. The molecule has 0 radical (unpaired) electrons. The number of sulfonamides is 1. The van der Waals surface area contributed by atoms with E-state index in [1.165, 1.54) is 6.26 Å². The summed E-state index contributed by atoms with van der Waals surface area (Å²) in [5, 5.41) is 2.76. The van der Waals surface area contributed by atoms with Crippen molar-refractivity contribution >= 4 is 15.9 Å². The average molecular weight is 427 g/mol. The van der Waals surface area contributed by atoms with E-state index in [0.717, 1.165) is 11.1 Å². The van der Waals surface area contributed by atoms with Crippen molar-refractivity contribution in [2.45, 2.75) is 44.7 Å². The Kier molecular flexibility index (Phi) is 6.74. The Hall–Kier alpha value is -2.90. The quantitative estimate of drug-likeness (QED) is 0.578. The Balaban J connectivity index is 1.86. The van der Waals surface area contributed by atoms with Gasteiger partial charge in [0.2, 0.25) is 15.9 Å². The maximum absolute atomic E-state index is 13.2. The van der Waals surface area contributed by atoms with Gasteiger partial charge in [0.25, 0.3) is 0 Å². The third-order valence-electron chi connectivity index (χ3n) is 4.79. The van der Waals surface area contributed by atoms with Crippen LogP contribution in [0.15, 0.2) is 70.2 Å². The summed E-state index contributed by atoms with van der Waals surface area (Å²) in [6.07, 6.45) is 1.75. The molecule has 2 N–H and O–H groups in total. The molecule has 1 amide bonds. The van der Waals surface area contributed by atoms with Crippen LogP contribution in [0, 0.1) is 20.8 Å². The topological polar surface area (TPSA) is 88.4 Å². The highest BCUT2D eigenvalue weighted by atomic mass is 32.2. The van der Waals surface area contributed by atoms with Gasteiger partial charge in [-0.25, -0.2) is 8.42 Å². The normalized spacial score (nSPS) is 12.5. The second kappa shape index (κ2) is 9.28. The van der Waals surface area contributed by atoms with Crippen LogP contribution in [0.2, 0.25) is 0 Å². The standard InChI is InChI=1S/C23H26N2O4S/c1-16-12-17(2)22(18(3)13-16)30(27,28)25-21(14-19-8-5-4-6-9-19)23(26)24-15-20-10-7-11-29-20/h4-13,21,25H,14-15H2,1-3H3,(H,24,26). The van der Waals surface area contributed by atoms with Gasteiger partial charge in [-0.3, -0.25) is 4.79 Å². The van der Waals surface area contributed by atoms with Crippen molar-refractivity contribution in [1.82, 2.24) is 10.0 Å². The lowest BCUT2D eigenvalue weighted by molar-refractivity contribution is -0.122. The van der Waals surface area contributed by atoms with Crippen molar-refractivity contribution < 1.29 is 17.6 Å². The maximum atomic E-state index is 13.2. The summed E-state index contributed by atoms with van der Waals surface area (Å²) in [6.45, 7) is 5.63. The first kappa shape index (κ1) is 21.8. The van der Waals surface area contributed by atoms with Gasteiger partial charge >= 0.3 is 0 Å². The van der Waals surface area contributed by atoms with E-state index < -0.39 is 22.0 Å². The predicted octanol–water partition coefficient (Wildman–Crippen LogP) is 3.41. The lowest BCUT2D eigenvalue weighted by Crippen LogP contribution is -2.48. The van der Waals surface area contributed by atoms with E-state index in [2.05, 4.69) is 10.0 Å². The number of rotatable bonds is 8. The fourth-order valence-electron chi connectivity index (χ4n) is 3.59. The molecule has 1 aromatic heterocycles. The number of furan rings is 1. The maximum Gasteiger partial charge on any atom is 0.241 e. The van der Waals surface area contributed by atoms with E-state index in [-0.39, 0.29) is 17.9 Å². The van der Waals surface area contributed by atoms with Gasteiger partial charge in [-0.2, -0.15) is 4.72 Å². The summed E-state index contributed by atoms with van der Waals surface area (Å²) in [5.74, 6) is 0.177. The Bertz CT molecular complexity index is 1080. The smallest absolute Gasteiger partial charge is 0.241 e. The molecule has 0 aliphatic carbocycles. The molecule has 3 aromatic rings. The van der Waals surface area contributed by atoms with E-state index in [4.69, 9.17) is 4.42 Å². The molecule has 0 aliphatic heterocycles. The Labute approximate surface area is 177 Å². The number of benzene rings is 2. The van der Waals surface area contributed by atoms with Crippen LogP contribution in [0.1, 0.15) is 28.0 Å². The molecule has 30 heavy (non-hydrogen) atoms. The molecule has 0 saturated heterocycles. The molecule has 1 atom stereocenters. The van der Waals surface area contributed by atoms with E-state index in [1.54, 1.807) is 26.0 Å². The number of nitrogens with one attached hydrogen (secondary N) is 2. The number of carbonyl (C=O) groups excluding carboxylic acids is 1. The summed E-state index contributed by atoms with van der Waals surface area (Å²) in [6, 6.07) is 15.5. The number of hydrogen-bond acceptors (Lipinski definition) is 4. The number of aryl methyl sites for hydroxylation is 3. The van der Waals surface area contributed by atoms with Gasteiger partial charge in [0.05, 0.1) is 17.7 Å². The van der Waals surface area contributed by atoms with E-state index in [0.29, 0.717) is 16.9 Å². The van der Waals surface area contributed by atoms with E-state index in [9.17, 15) is 13.2 Å². The molecule has 1 heterocycles. The minimum atomic E-state index is -3.91. The van der Waals surface area contributed by atoms with E-state index in [1.807, 2.05) is 49.4 Å². The molecule has 3 rings (SSSR count). The molecule has 2 aromatic carbocycles. The molecule has 158 valence electrons. The highest BCUT2D eigenvalue weighted by molar-refractivity contribution is 7.89. The van der Waals surface area contributed by atoms with Crippen molar-refractivity contribution in [3.8, 4) is 0 Å². The summed E-state index contributed by atoms with van der Waals surface area (Å²) < 4.78 is 34.3. The minimum Gasteiger partial charge on any atom is -0.467 e. The van der Waals surface area contributed by atoms with Gasteiger partial charge in [0.15, 0.2) is 0 Å². The SMILES string of the molecule is Cc1cc(C)c(S(=O)(=O)NC(Cc2ccccc2)C(=O)NCc2ccco2)c(C)c1. The molecule has 0 saturated carbocycles. The van der Waals surface area contributed by atoms with Crippen molar-refractivity contribution in [2.75, 3.05) is 0 Å². The van der Waals surface area contributed by atoms with Crippen LogP contribution in [-0.4, -0.2) is 20.4 Å². The largest absolute Gasteiger partial charge is 0.467 e. The van der Waals surface area contributed by atoms with Gasteiger partial charge < -0.3 is 9.73 Å². The highest BCUT2D eigenvalue weighted by Crippen LogP contribution is 2.22. The van der Waals surface area contributed by atoms with Crippen LogP contribution in [-0.2, 0) is 27.8 Å². The predicted molar refractivity (Wildman–Crippen MR) is 115 cm³/mol. The fourth-order valence-corrected chi connectivity index (χ4v) is 5.23. The molecule has 1 unspecified atom stereocenters. The zero-order valence-electron chi connectivity index (χ0n) is 17.3. The second-order valence-corrected chi connectivity index (χ2v) is 9.04. The molecule has 0 fully saturated rings. The van der Waals surface area contributed by atoms with Crippen LogP contribution in [0.5, 0.6) is 0 Å². The molecular formula is C23H26N2O4S. The molecule has 7 heteroatoms. The molecule has 0 aliphatic rings. The zero-order chi connectivity index (χ0) is 21.7. The lowest BCUT2D eigenvalue weighted by Gasteiger charge is -2.20. The first-order valence-electron chi connectivity index (χ1n) is 9.70. The van der Waals surface area contributed by atoms with Crippen LogP contribution < -0.4 is 10.0 Å². The average Bonchev–Trinajstić information content (AvgIpc) is 3.18. The fraction of sp³-hybridized carbons (Fsp3) is 0.261. The Morgan fingerprint density at radius 1 is 1.00 bits per heavy atom. The van der Waals surface area contributed by atoms with Gasteiger partial charge in [-0.1, -0.05) is 48.0 Å². The highest BCUT2D eigenvalue weighted by Gasteiger charge is 2.28. The van der Waals surface area contributed by atoms with Gasteiger partial charge in [0.1, 0.15) is 11.8 Å². The number of hydrogen-bond donors (Lipinski definition) is 2.